The van der Waals surface area contributed by atoms with Crippen LogP contribution in [0.15, 0.2) is 11.0 Å². The molecule has 5 nitrogen and oxygen atoms in total. The number of ether oxygens (including phenoxy) is 1. The third-order valence-electron chi connectivity index (χ3n) is 3.35. The molecular weight excluding hydrogens is 266 g/mol. The van der Waals surface area contributed by atoms with E-state index in [-0.39, 0.29) is 10.6 Å². The van der Waals surface area contributed by atoms with Crippen LogP contribution >= 0.6 is 11.6 Å². The van der Waals surface area contributed by atoms with Gasteiger partial charge in [-0.15, -0.1) is 0 Å². The molecule has 6 heteroatoms. The van der Waals surface area contributed by atoms with Crippen LogP contribution in [0.5, 0.6) is 0 Å². The summed E-state index contributed by atoms with van der Waals surface area (Å²) in [5, 5.41) is 6.39. The number of hydrogen-bond donors (Lipinski definition) is 1. The Labute approximate surface area is 117 Å². The standard InChI is InChI=1S/C13H20ClN3O2/c1-2-8-19-10-4-3-6-17(7-5-10)11-9-15-16-13(18)12(11)14/h9-10H,2-8H2,1H3,(H,16,18)/t10-/m0/s1. The Morgan fingerprint density at radius 2 is 2.37 bits per heavy atom. The third kappa shape index (κ3) is 3.70. The van der Waals surface area contributed by atoms with Crippen molar-refractivity contribution in [2.24, 2.45) is 0 Å². The minimum Gasteiger partial charge on any atom is -0.378 e. The quantitative estimate of drug-likeness (QED) is 0.921. The van der Waals surface area contributed by atoms with E-state index in [1.54, 1.807) is 6.20 Å². The zero-order valence-electron chi connectivity index (χ0n) is 11.2. The Morgan fingerprint density at radius 1 is 1.53 bits per heavy atom. The Morgan fingerprint density at radius 3 is 3.16 bits per heavy atom. The van der Waals surface area contributed by atoms with Crippen molar-refractivity contribution in [1.29, 1.82) is 0 Å². The minimum atomic E-state index is -0.331. The van der Waals surface area contributed by atoms with Crippen LogP contribution in [-0.2, 0) is 4.74 Å². The first-order valence-electron chi connectivity index (χ1n) is 6.82. The van der Waals surface area contributed by atoms with Crippen molar-refractivity contribution < 1.29 is 4.74 Å². The Bertz CT molecular complexity index is 463. The number of H-pyrrole nitrogens is 1. The van der Waals surface area contributed by atoms with E-state index in [1.807, 2.05) is 0 Å². The van der Waals surface area contributed by atoms with Gasteiger partial charge in [-0.05, 0) is 25.7 Å². The first-order chi connectivity index (χ1) is 9.22. The molecule has 1 aliphatic heterocycles. The lowest BCUT2D eigenvalue weighted by Crippen LogP contribution is -2.27. The molecule has 0 aliphatic carbocycles. The van der Waals surface area contributed by atoms with Gasteiger partial charge in [0.25, 0.3) is 5.56 Å². The summed E-state index contributed by atoms with van der Waals surface area (Å²) in [6.45, 7) is 4.67. The maximum atomic E-state index is 11.5. The number of anilines is 1. The van der Waals surface area contributed by atoms with E-state index in [0.717, 1.165) is 51.1 Å². The third-order valence-corrected chi connectivity index (χ3v) is 3.72. The van der Waals surface area contributed by atoms with Gasteiger partial charge in [0.1, 0.15) is 5.02 Å². The molecule has 1 saturated heterocycles. The molecule has 106 valence electrons. The summed E-state index contributed by atoms with van der Waals surface area (Å²) in [5.41, 5.74) is 0.392. The number of nitrogens with one attached hydrogen (secondary N) is 1. The van der Waals surface area contributed by atoms with Gasteiger partial charge >= 0.3 is 0 Å². The van der Waals surface area contributed by atoms with Crippen LogP contribution in [0.25, 0.3) is 0 Å². The summed E-state index contributed by atoms with van der Waals surface area (Å²) < 4.78 is 5.81. The molecule has 1 aromatic rings. The maximum Gasteiger partial charge on any atom is 0.285 e. The zero-order chi connectivity index (χ0) is 13.7. The van der Waals surface area contributed by atoms with Gasteiger partial charge in [-0.3, -0.25) is 4.79 Å². The molecule has 0 amide bonds. The molecule has 1 aliphatic rings. The highest BCUT2D eigenvalue weighted by atomic mass is 35.5. The van der Waals surface area contributed by atoms with Gasteiger partial charge in [0, 0.05) is 19.7 Å². The van der Waals surface area contributed by atoms with Crippen LogP contribution < -0.4 is 10.5 Å². The average molecular weight is 286 g/mol. The minimum absolute atomic E-state index is 0.225. The highest BCUT2D eigenvalue weighted by Crippen LogP contribution is 2.24. The van der Waals surface area contributed by atoms with Crippen LogP contribution in [0.3, 0.4) is 0 Å². The lowest BCUT2D eigenvalue weighted by molar-refractivity contribution is 0.0461. The molecule has 1 N–H and O–H groups in total. The molecule has 0 bridgehead atoms. The number of nitrogens with zero attached hydrogens (tertiary/aromatic N) is 2. The molecule has 1 atom stereocenters. The number of hydrogen-bond acceptors (Lipinski definition) is 4. The zero-order valence-corrected chi connectivity index (χ0v) is 11.9. The first kappa shape index (κ1) is 14.3. The lowest BCUT2D eigenvalue weighted by Gasteiger charge is -2.22. The Hall–Kier alpha value is -1.07. The van der Waals surface area contributed by atoms with Gasteiger partial charge in [0.2, 0.25) is 0 Å². The normalized spacial score (nSPS) is 20.3. The van der Waals surface area contributed by atoms with Crippen molar-refractivity contribution in [2.75, 3.05) is 24.6 Å². The van der Waals surface area contributed by atoms with Gasteiger partial charge in [0.05, 0.1) is 18.0 Å². The van der Waals surface area contributed by atoms with Crippen LogP contribution in [0.4, 0.5) is 5.69 Å². The van der Waals surface area contributed by atoms with Crippen LogP contribution in [0.1, 0.15) is 32.6 Å². The lowest BCUT2D eigenvalue weighted by atomic mass is 10.2. The second-order valence-corrected chi connectivity index (χ2v) is 5.19. The largest absolute Gasteiger partial charge is 0.378 e. The molecule has 2 rings (SSSR count). The van der Waals surface area contributed by atoms with E-state index in [2.05, 4.69) is 22.0 Å². The number of rotatable bonds is 4. The second kappa shape index (κ2) is 6.91. The van der Waals surface area contributed by atoms with E-state index >= 15 is 0 Å². The van der Waals surface area contributed by atoms with Gasteiger partial charge in [-0.25, -0.2) is 5.10 Å². The summed E-state index contributed by atoms with van der Waals surface area (Å²) in [5.74, 6) is 0. The Balaban J connectivity index is 2.02. The molecule has 0 aromatic carbocycles. The van der Waals surface area contributed by atoms with Gasteiger partial charge in [-0.2, -0.15) is 5.10 Å². The molecule has 0 radical (unpaired) electrons. The fourth-order valence-corrected chi connectivity index (χ4v) is 2.56. The van der Waals surface area contributed by atoms with Gasteiger partial charge < -0.3 is 9.64 Å². The van der Waals surface area contributed by atoms with E-state index in [0.29, 0.717) is 6.10 Å². The van der Waals surface area contributed by atoms with Crippen molar-refractivity contribution in [2.45, 2.75) is 38.7 Å². The van der Waals surface area contributed by atoms with Gasteiger partial charge in [-0.1, -0.05) is 18.5 Å². The SMILES string of the molecule is CCCO[C@H]1CCCN(c2cn[nH]c(=O)c2Cl)CC1. The highest BCUT2D eigenvalue weighted by Gasteiger charge is 2.20. The molecule has 0 spiro atoms. The predicted octanol–water partition coefficient (Wildman–Crippen LogP) is 2.21. The fraction of sp³-hybridized carbons (Fsp3) is 0.692. The fourth-order valence-electron chi connectivity index (χ4n) is 2.35. The molecule has 1 fully saturated rings. The van der Waals surface area contributed by atoms with Crippen LogP contribution in [0.2, 0.25) is 5.02 Å². The molecule has 1 aromatic heterocycles. The van der Waals surface area contributed by atoms with Crippen molar-refractivity contribution in [3.05, 3.63) is 21.6 Å². The van der Waals surface area contributed by atoms with Crippen molar-refractivity contribution in [3.63, 3.8) is 0 Å². The molecule has 0 saturated carbocycles. The summed E-state index contributed by atoms with van der Waals surface area (Å²) >= 11 is 6.04. The topological polar surface area (TPSA) is 58.2 Å². The molecule has 19 heavy (non-hydrogen) atoms. The molecule has 2 heterocycles. The van der Waals surface area contributed by atoms with Crippen molar-refractivity contribution >= 4 is 17.3 Å². The highest BCUT2D eigenvalue weighted by molar-refractivity contribution is 6.32. The van der Waals surface area contributed by atoms with Gasteiger partial charge in [0.15, 0.2) is 0 Å². The van der Waals surface area contributed by atoms with Crippen LogP contribution in [0, 0.1) is 0 Å². The predicted molar refractivity (Wildman–Crippen MR) is 76.0 cm³/mol. The Kier molecular flexibility index (Phi) is 5.22. The van der Waals surface area contributed by atoms with Crippen LogP contribution in [-0.4, -0.2) is 36.0 Å². The monoisotopic (exact) mass is 285 g/mol. The smallest absolute Gasteiger partial charge is 0.285 e. The van der Waals surface area contributed by atoms with E-state index in [9.17, 15) is 4.79 Å². The van der Waals surface area contributed by atoms with Crippen molar-refractivity contribution in [3.8, 4) is 0 Å². The average Bonchev–Trinajstić information content (AvgIpc) is 2.65. The maximum absolute atomic E-state index is 11.5. The summed E-state index contributed by atoms with van der Waals surface area (Å²) in [4.78, 5) is 13.6. The number of halogens is 1. The molecule has 0 unspecified atom stereocenters. The molecular formula is C13H20ClN3O2. The summed E-state index contributed by atoms with van der Waals surface area (Å²) in [7, 11) is 0. The van der Waals surface area contributed by atoms with E-state index in [1.165, 1.54) is 0 Å². The summed E-state index contributed by atoms with van der Waals surface area (Å²) in [6.07, 6.45) is 6.05. The number of aromatic nitrogens is 2. The van der Waals surface area contributed by atoms with E-state index < -0.39 is 0 Å². The number of aromatic amines is 1. The summed E-state index contributed by atoms with van der Waals surface area (Å²) in [6, 6.07) is 0. The van der Waals surface area contributed by atoms with Crippen molar-refractivity contribution in [1.82, 2.24) is 10.2 Å². The first-order valence-corrected chi connectivity index (χ1v) is 7.20. The van der Waals surface area contributed by atoms with E-state index in [4.69, 9.17) is 16.3 Å². The second-order valence-electron chi connectivity index (χ2n) is 4.81.